The van der Waals surface area contributed by atoms with Crippen LogP contribution in [0.5, 0.6) is 11.5 Å². The Bertz CT molecular complexity index is 612. The standard InChI is InChI=1S/C14H12O4.C4H9I/c15-9-11-7-4-8-12(13(11)16)18-14(17)10-5-2-1-3-6-10;1-3-4(2)5/h1-8,15-16H,9H2;4H,3H2,1-2H3. The van der Waals surface area contributed by atoms with E-state index in [9.17, 15) is 9.90 Å². The van der Waals surface area contributed by atoms with Gasteiger partial charge in [0, 0.05) is 9.49 Å². The van der Waals surface area contributed by atoms with E-state index in [1.54, 1.807) is 42.5 Å². The molecule has 4 nitrogen and oxygen atoms in total. The zero-order chi connectivity index (χ0) is 17.2. The first-order chi connectivity index (χ1) is 11.0. The Kier molecular flexibility index (Phi) is 8.65. The molecule has 0 aliphatic heterocycles. The van der Waals surface area contributed by atoms with Crippen molar-refractivity contribution in [2.75, 3.05) is 0 Å². The zero-order valence-electron chi connectivity index (χ0n) is 13.2. The Balaban J connectivity index is 0.000000463. The van der Waals surface area contributed by atoms with Gasteiger partial charge in [-0.1, -0.05) is 66.8 Å². The van der Waals surface area contributed by atoms with Crippen LogP contribution in [0.4, 0.5) is 0 Å². The van der Waals surface area contributed by atoms with Crippen molar-refractivity contribution in [2.24, 2.45) is 0 Å². The van der Waals surface area contributed by atoms with E-state index in [0.29, 0.717) is 11.1 Å². The molecule has 2 rings (SSSR count). The van der Waals surface area contributed by atoms with E-state index < -0.39 is 5.97 Å². The van der Waals surface area contributed by atoms with Gasteiger partial charge in [0.15, 0.2) is 11.5 Å². The minimum atomic E-state index is -0.555. The smallest absolute Gasteiger partial charge is 0.343 e. The first kappa shape index (κ1) is 19.4. The van der Waals surface area contributed by atoms with Crippen molar-refractivity contribution in [1.29, 1.82) is 0 Å². The number of hydrogen-bond acceptors (Lipinski definition) is 4. The summed E-state index contributed by atoms with van der Waals surface area (Å²) in [5.41, 5.74) is 0.708. The maximum absolute atomic E-state index is 11.8. The number of aromatic hydroxyl groups is 1. The van der Waals surface area contributed by atoms with Crippen LogP contribution in [0.15, 0.2) is 48.5 Å². The second-order valence-corrected chi connectivity index (χ2v) is 6.99. The molecular weight excluding hydrogens is 407 g/mol. The van der Waals surface area contributed by atoms with Crippen LogP contribution in [0, 0.1) is 0 Å². The van der Waals surface area contributed by atoms with E-state index in [4.69, 9.17) is 9.84 Å². The molecule has 2 N–H and O–H groups in total. The molecule has 0 aliphatic carbocycles. The van der Waals surface area contributed by atoms with Gasteiger partial charge in [0.25, 0.3) is 0 Å². The molecule has 0 spiro atoms. The molecular formula is C18H21IO4. The van der Waals surface area contributed by atoms with Crippen LogP contribution in [-0.2, 0) is 6.61 Å². The summed E-state index contributed by atoms with van der Waals surface area (Å²) in [5, 5.41) is 18.7. The molecule has 1 atom stereocenters. The van der Waals surface area contributed by atoms with Gasteiger partial charge in [0.05, 0.1) is 12.2 Å². The summed E-state index contributed by atoms with van der Waals surface area (Å²) in [4.78, 5) is 11.8. The van der Waals surface area contributed by atoms with E-state index in [1.807, 2.05) is 0 Å². The van der Waals surface area contributed by atoms with E-state index >= 15 is 0 Å². The Labute approximate surface area is 150 Å². The maximum Gasteiger partial charge on any atom is 0.343 e. The minimum Gasteiger partial charge on any atom is -0.504 e. The fourth-order valence-corrected chi connectivity index (χ4v) is 1.51. The molecule has 0 heterocycles. The minimum absolute atomic E-state index is 0.0374. The number of carbonyl (C=O) groups excluding carboxylic acids is 1. The summed E-state index contributed by atoms with van der Waals surface area (Å²) < 4.78 is 5.93. The Hall–Kier alpha value is -1.60. The lowest BCUT2D eigenvalue weighted by Gasteiger charge is -2.08. The number of esters is 1. The van der Waals surface area contributed by atoms with Gasteiger partial charge in [-0.15, -0.1) is 0 Å². The van der Waals surface area contributed by atoms with E-state index in [-0.39, 0.29) is 18.1 Å². The molecule has 0 saturated carbocycles. The Morgan fingerprint density at radius 2 is 1.78 bits per heavy atom. The van der Waals surface area contributed by atoms with Gasteiger partial charge >= 0.3 is 5.97 Å². The van der Waals surface area contributed by atoms with Crippen LogP contribution in [0.2, 0.25) is 0 Å². The molecule has 0 fully saturated rings. The first-order valence-corrected chi connectivity index (χ1v) is 8.57. The summed E-state index contributed by atoms with van der Waals surface area (Å²) >= 11 is 2.41. The van der Waals surface area contributed by atoms with Gasteiger partial charge in [0.2, 0.25) is 0 Å². The van der Waals surface area contributed by atoms with Crippen molar-refractivity contribution in [3.8, 4) is 11.5 Å². The number of benzene rings is 2. The summed E-state index contributed by atoms with van der Waals surface area (Å²) in [6, 6.07) is 13.1. The van der Waals surface area contributed by atoms with E-state index in [0.717, 1.165) is 3.92 Å². The average Bonchev–Trinajstić information content (AvgIpc) is 2.58. The van der Waals surface area contributed by atoms with Crippen LogP contribution in [0.1, 0.15) is 36.2 Å². The molecule has 1 unspecified atom stereocenters. The second-order valence-electron chi connectivity index (χ2n) is 4.87. The van der Waals surface area contributed by atoms with Gasteiger partial charge in [0.1, 0.15) is 0 Å². The molecule has 5 heteroatoms. The van der Waals surface area contributed by atoms with Gasteiger partial charge < -0.3 is 14.9 Å². The number of rotatable bonds is 4. The van der Waals surface area contributed by atoms with Gasteiger partial charge in [-0.2, -0.15) is 0 Å². The van der Waals surface area contributed by atoms with Crippen molar-refractivity contribution in [2.45, 2.75) is 30.8 Å². The van der Waals surface area contributed by atoms with Gasteiger partial charge in [-0.3, -0.25) is 0 Å². The molecule has 0 aromatic heterocycles. The molecule has 23 heavy (non-hydrogen) atoms. The molecule has 0 bridgehead atoms. The highest BCUT2D eigenvalue weighted by molar-refractivity contribution is 14.1. The molecule has 0 amide bonds. The third-order valence-corrected chi connectivity index (χ3v) is 3.91. The summed E-state index contributed by atoms with van der Waals surface area (Å²) in [6.45, 7) is 4.08. The summed E-state index contributed by atoms with van der Waals surface area (Å²) in [5.74, 6) is -0.735. The SMILES string of the molecule is CCC(C)I.O=C(Oc1cccc(CO)c1O)c1ccccc1. The van der Waals surface area contributed by atoms with E-state index in [1.165, 1.54) is 12.5 Å². The number of aliphatic hydroxyl groups is 1. The summed E-state index contributed by atoms with van der Waals surface area (Å²) in [7, 11) is 0. The largest absolute Gasteiger partial charge is 0.504 e. The highest BCUT2D eigenvalue weighted by atomic mass is 127. The lowest BCUT2D eigenvalue weighted by atomic mass is 10.2. The van der Waals surface area contributed by atoms with Crippen LogP contribution in [0.3, 0.4) is 0 Å². The molecule has 2 aromatic rings. The van der Waals surface area contributed by atoms with Gasteiger partial charge in [-0.25, -0.2) is 4.79 Å². The number of phenols is 1. The van der Waals surface area contributed by atoms with Crippen molar-refractivity contribution < 1.29 is 19.7 Å². The molecule has 0 aliphatic rings. The third kappa shape index (κ3) is 6.58. The maximum atomic E-state index is 11.8. The number of halogens is 1. The predicted molar refractivity (Wildman–Crippen MR) is 99.2 cm³/mol. The number of carbonyl (C=O) groups is 1. The van der Waals surface area contributed by atoms with Crippen LogP contribution in [0.25, 0.3) is 0 Å². The fraction of sp³-hybridized carbons (Fsp3) is 0.278. The molecule has 0 saturated heterocycles. The van der Waals surface area contributed by atoms with Crippen LogP contribution < -0.4 is 4.74 Å². The number of hydrogen-bond donors (Lipinski definition) is 2. The Morgan fingerprint density at radius 3 is 2.30 bits per heavy atom. The highest BCUT2D eigenvalue weighted by Gasteiger charge is 2.13. The normalized spacial score (nSPS) is 11.1. The Morgan fingerprint density at radius 1 is 1.17 bits per heavy atom. The zero-order valence-corrected chi connectivity index (χ0v) is 15.4. The number of ether oxygens (including phenoxy) is 1. The topological polar surface area (TPSA) is 66.8 Å². The highest BCUT2D eigenvalue weighted by Crippen LogP contribution is 2.30. The van der Waals surface area contributed by atoms with Crippen molar-refractivity contribution >= 4 is 28.6 Å². The lowest BCUT2D eigenvalue weighted by molar-refractivity contribution is 0.0729. The predicted octanol–water partition coefficient (Wildman–Crippen LogP) is 4.32. The quantitative estimate of drug-likeness (QED) is 0.330. The monoisotopic (exact) mass is 428 g/mol. The van der Waals surface area contributed by atoms with Crippen molar-refractivity contribution in [3.05, 3.63) is 59.7 Å². The van der Waals surface area contributed by atoms with Crippen molar-refractivity contribution in [1.82, 2.24) is 0 Å². The fourth-order valence-electron chi connectivity index (χ4n) is 1.51. The molecule has 2 aromatic carbocycles. The van der Waals surface area contributed by atoms with Crippen LogP contribution in [-0.4, -0.2) is 20.1 Å². The molecule has 0 radical (unpaired) electrons. The van der Waals surface area contributed by atoms with E-state index in [2.05, 4.69) is 36.4 Å². The number of alkyl halides is 1. The number of aliphatic hydroxyl groups excluding tert-OH is 1. The number of para-hydroxylation sites is 1. The van der Waals surface area contributed by atoms with Crippen LogP contribution >= 0.6 is 22.6 Å². The summed E-state index contributed by atoms with van der Waals surface area (Å²) in [6.07, 6.45) is 1.29. The molecule has 124 valence electrons. The van der Waals surface area contributed by atoms with Gasteiger partial charge in [-0.05, 0) is 24.6 Å². The average molecular weight is 428 g/mol. The van der Waals surface area contributed by atoms with Crippen molar-refractivity contribution in [3.63, 3.8) is 0 Å². The second kappa shape index (κ2) is 10.2. The lowest BCUT2D eigenvalue weighted by Crippen LogP contribution is -2.08. The third-order valence-electron chi connectivity index (χ3n) is 3.03. The first-order valence-electron chi connectivity index (χ1n) is 7.32.